The molecular formula is C12H9NY31-2. The van der Waals surface area contributed by atoms with E-state index in [1.165, 1.54) is 5.56 Å². The van der Waals surface area contributed by atoms with E-state index in [-0.39, 0.29) is 1010 Å². The molecule has 1 aromatic heterocycles. The van der Waals surface area contributed by atoms with Gasteiger partial charge in [-0.25, -0.2) is 11.1 Å². The molecule has 0 aliphatic heterocycles. The minimum absolute atomic E-state index is 0. The Morgan fingerprint density at radius 1 is 0.386 bits per heavy atom. The second-order valence-electron chi connectivity index (χ2n) is 2.94. The van der Waals surface area contributed by atoms with Gasteiger partial charge in [0.15, 0.2) is 0 Å². The summed E-state index contributed by atoms with van der Waals surface area (Å²) in [5.74, 6) is 0. The molecule has 0 aliphatic rings. The Morgan fingerprint density at radius 2 is 0.659 bits per heavy atom. The van der Waals surface area contributed by atoms with Gasteiger partial charge in [0.05, 0.1) is 0 Å². The number of pyridine rings is 1. The Labute approximate surface area is 1050 Å². The van der Waals surface area contributed by atoms with Crippen LogP contribution in [0.25, 0.3) is 11.1 Å². The molecule has 44 heavy (non-hydrogen) atoms. The zero-order valence-electron chi connectivity index (χ0n) is 25.3. The minimum Gasteiger partial charge on any atom is -0.371 e. The summed E-state index contributed by atoms with van der Waals surface area (Å²) in [6.07, 6.45) is 4.65. The Bertz CT molecular complexity index is 431. The molecule has 2 aromatic rings. The third-order valence-corrected chi connectivity index (χ3v) is 1.86. The second kappa shape index (κ2) is 164. The van der Waals surface area contributed by atoms with Crippen molar-refractivity contribution in [1.29, 1.82) is 0 Å². The zero-order valence-corrected chi connectivity index (χ0v) is 113. The van der Waals surface area contributed by atoms with Gasteiger partial charge in [-0.1, -0.05) is 19.3 Å². The number of aryl methyl sites for hydroxylation is 1. The first kappa shape index (κ1) is 202. The summed E-state index contributed by atoms with van der Waals surface area (Å²) in [7, 11) is 0. The quantitative estimate of drug-likeness (QED) is 0.401. The first-order chi connectivity index (χ1) is 6.36. The topological polar surface area (TPSA) is 12.9 Å². The summed E-state index contributed by atoms with van der Waals surface area (Å²) >= 11 is 0. The fraction of sp³-hybridized carbons (Fsp3) is 0.0833. The van der Waals surface area contributed by atoms with Crippen molar-refractivity contribution in [3.63, 3.8) is 0 Å². The summed E-state index contributed by atoms with van der Waals surface area (Å²) in [4.78, 5) is 3.95. The fourth-order valence-corrected chi connectivity index (χ4v) is 1.21. The SMILES string of the molecule is Cc1cc[c-]c(-c2[c-]nccc2)c1.[Y].[Y].[Y].[Y].[Y].[Y].[Y].[Y].[Y].[Y].[Y].[Y].[Y].[Y].[Y].[Y].[Y].[Y].[Y].[Y].[Y].[Y].[Y].[Y].[Y].[Y].[Y].[Y].[Y].[Y].[Y]. The predicted octanol–water partition coefficient (Wildman–Crippen LogP) is 2.58. The van der Waals surface area contributed by atoms with Gasteiger partial charge in [-0.3, -0.25) is 0 Å². The van der Waals surface area contributed by atoms with Crippen LogP contribution in [0.1, 0.15) is 5.56 Å². The molecule has 0 amide bonds. The minimum atomic E-state index is 0. The molecule has 32 heteroatoms. The Morgan fingerprint density at radius 3 is 0.864 bits per heavy atom. The molecule has 2 rings (SSSR count). The largest absolute Gasteiger partial charge is 0.371 e. The van der Waals surface area contributed by atoms with Crippen LogP contribution in [0.4, 0.5) is 0 Å². The molecule has 157 valence electrons. The smallest absolute Gasteiger partial charge is 0 e. The summed E-state index contributed by atoms with van der Waals surface area (Å²) in [6, 6.07) is 13.1. The number of benzene rings is 1. The van der Waals surface area contributed by atoms with Gasteiger partial charge < -0.3 is 4.98 Å². The Hall–Kier alpha value is 32.6. The summed E-state index contributed by atoms with van der Waals surface area (Å²) in [6.45, 7) is 2.06. The molecule has 0 aliphatic carbocycles. The molecule has 0 fully saturated rings. The normalized spacial score (nSPS) is 2.93. The molecule has 0 spiro atoms. The monoisotopic (exact) mass is 2920 g/mol. The van der Waals surface area contributed by atoms with Crippen LogP contribution < -0.4 is 0 Å². The van der Waals surface area contributed by atoms with Crippen molar-refractivity contribution in [3.8, 4) is 11.1 Å². The van der Waals surface area contributed by atoms with Gasteiger partial charge in [0.2, 0.25) is 0 Å². The molecule has 0 atom stereocenters. The summed E-state index contributed by atoms with van der Waals surface area (Å²) < 4.78 is 0. The molecule has 31 radical (unpaired) electrons. The molecule has 1 nitrogen and oxygen atoms in total. The van der Waals surface area contributed by atoms with Gasteiger partial charge in [-0.2, -0.15) is 24.3 Å². The van der Waals surface area contributed by atoms with Crippen LogP contribution in [-0.2, 0) is 1010 Å². The van der Waals surface area contributed by atoms with E-state index in [0.717, 1.165) is 11.1 Å². The van der Waals surface area contributed by atoms with Crippen LogP contribution in [0.5, 0.6) is 0 Å². The zero-order chi connectivity index (χ0) is 9.10. The van der Waals surface area contributed by atoms with E-state index in [4.69, 9.17) is 0 Å². The molecule has 1 heterocycles. The molecule has 0 saturated carbocycles. The molecule has 0 N–H and O–H groups in total. The first-order valence-electron chi connectivity index (χ1n) is 4.18. The number of rotatable bonds is 1. The van der Waals surface area contributed by atoms with Crippen molar-refractivity contribution in [1.82, 2.24) is 4.98 Å². The fourth-order valence-electron chi connectivity index (χ4n) is 1.21. The van der Waals surface area contributed by atoms with E-state index < -0.39 is 0 Å². The molecule has 0 saturated heterocycles. The van der Waals surface area contributed by atoms with Crippen LogP contribution in [0.15, 0.2) is 36.5 Å². The molecular weight excluding hydrogens is 2910 g/mol. The average molecular weight is 2920 g/mol. The number of aromatic nitrogens is 1. The van der Waals surface area contributed by atoms with E-state index in [0.29, 0.717) is 0 Å². The Balaban J connectivity index is -0.00000000226. The van der Waals surface area contributed by atoms with E-state index in [1.807, 2.05) is 24.3 Å². The Kier molecular flexibility index (Phi) is 753. The van der Waals surface area contributed by atoms with Gasteiger partial charge in [-0.15, -0.1) is 17.7 Å². The van der Waals surface area contributed by atoms with Crippen molar-refractivity contribution in [2.75, 3.05) is 0 Å². The maximum Gasteiger partial charge on any atom is 0 e. The van der Waals surface area contributed by atoms with Gasteiger partial charge in [-0.05, 0) is 0 Å². The number of nitrogens with zero attached hydrogens (tertiary/aromatic N) is 1. The third kappa shape index (κ3) is 136. The summed E-state index contributed by atoms with van der Waals surface area (Å²) in [5, 5.41) is 0. The maximum atomic E-state index is 3.95. The number of hydrogen-bond donors (Lipinski definition) is 0. The van der Waals surface area contributed by atoms with Crippen LogP contribution in [-0.4, -0.2) is 4.98 Å². The molecule has 1 aromatic carbocycles. The average Bonchev–Trinajstić information content (AvgIpc) is 2.19. The predicted molar refractivity (Wildman–Crippen MR) is 52.1 cm³/mol. The van der Waals surface area contributed by atoms with E-state index in [1.54, 1.807) is 6.20 Å². The number of hydrogen-bond acceptors (Lipinski definition) is 1. The van der Waals surface area contributed by atoms with Crippen LogP contribution in [0, 0.1) is 19.2 Å². The van der Waals surface area contributed by atoms with E-state index in [9.17, 15) is 0 Å². The third-order valence-electron chi connectivity index (χ3n) is 1.86. The maximum absolute atomic E-state index is 3.95. The molecule has 0 bridgehead atoms. The van der Waals surface area contributed by atoms with Crippen LogP contribution in [0.3, 0.4) is 0 Å². The van der Waals surface area contributed by atoms with E-state index >= 15 is 0 Å². The van der Waals surface area contributed by atoms with E-state index in [2.05, 4.69) is 30.2 Å². The van der Waals surface area contributed by atoms with Crippen molar-refractivity contribution in [2.45, 2.75) is 6.92 Å². The van der Waals surface area contributed by atoms with Gasteiger partial charge in [0.25, 0.3) is 0 Å². The van der Waals surface area contributed by atoms with Crippen molar-refractivity contribution in [2.24, 2.45) is 0 Å². The first-order valence-corrected chi connectivity index (χ1v) is 4.18. The standard InChI is InChI=1S/C12H9N.31Y/c1-10-4-2-5-11(8-10)12-6-3-7-13-9-12;;;;;;;;;;;;;;;;;;;;;;;;;;;;;;;/h2-4,6-8H,1H3;;;;;;;;;;;;;;;;;;;;;;;;;;;;;;;/q-2;;;;;;;;;;;;;;;;;;;;;;;;;;;;;;;. The van der Waals surface area contributed by atoms with Gasteiger partial charge in [0.1, 0.15) is 0 Å². The van der Waals surface area contributed by atoms with Crippen molar-refractivity contribution < 1.29 is 1010 Å². The summed E-state index contributed by atoms with van der Waals surface area (Å²) in [5.41, 5.74) is 3.27. The van der Waals surface area contributed by atoms with Crippen LogP contribution >= 0.6 is 0 Å². The van der Waals surface area contributed by atoms with Gasteiger partial charge in [0, 0.05) is 1010 Å². The van der Waals surface area contributed by atoms with Crippen molar-refractivity contribution in [3.05, 3.63) is 54.4 Å². The second-order valence-corrected chi connectivity index (χ2v) is 2.94. The van der Waals surface area contributed by atoms with Crippen LogP contribution in [0.2, 0.25) is 0 Å². The van der Waals surface area contributed by atoms with Crippen molar-refractivity contribution >= 4 is 0 Å². The van der Waals surface area contributed by atoms with Gasteiger partial charge >= 0.3 is 0 Å². The molecule has 0 unspecified atom stereocenters.